The summed E-state index contributed by atoms with van der Waals surface area (Å²) in [7, 11) is 3.38. The van der Waals surface area contributed by atoms with Crippen molar-refractivity contribution in [3.8, 4) is 0 Å². The van der Waals surface area contributed by atoms with Crippen molar-refractivity contribution in [1.29, 1.82) is 0 Å². The predicted molar refractivity (Wildman–Crippen MR) is 83.4 cm³/mol. The monoisotopic (exact) mass is 288 g/mol. The van der Waals surface area contributed by atoms with E-state index in [0.717, 1.165) is 22.3 Å². The highest BCUT2D eigenvalue weighted by Crippen LogP contribution is 2.19. The van der Waals surface area contributed by atoms with Gasteiger partial charge in [0.25, 0.3) is 0 Å². The summed E-state index contributed by atoms with van der Waals surface area (Å²) in [5.74, 6) is -0.0143. The lowest BCUT2D eigenvalue weighted by molar-refractivity contribution is -0.128. The molecule has 0 spiro atoms. The lowest BCUT2D eigenvalue weighted by atomic mass is 10.2. The van der Waals surface area contributed by atoms with Crippen molar-refractivity contribution in [2.24, 2.45) is 0 Å². The number of hydrogen-bond acceptors (Lipinski definition) is 2. The number of rotatable bonds is 4. The number of aromatic nitrogens is 1. The molecule has 1 aromatic carbocycles. The first kappa shape index (κ1) is 14.9. The third kappa shape index (κ3) is 3.98. The van der Waals surface area contributed by atoms with Gasteiger partial charge in [-0.2, -0.15) is 0 Å². The number of nitrogens with one attached hydrogen (secondary N) is 3. The van der Waals surface area contributed by atoms with Crippen molar-refractivity contribution in [3.05, 3.63) is 30.0 Å². The van der Waals surface area contributed by atoms with Crippen molar-refractivity contribution in [3.63, 3.8) is 0 Å². The van der Waals surface area contributed by atoms with Crippen LogP contribution in [0.4, 0.5) is 10.5 Å². The first-order valence-electron chi connectivity index (χ1n) is 6.80. The van der Waals surface area contributed by atoms with Gasteiger partial charge in [0, 0.05) is 49.3 Å². The van der Waals surface area contributed by atoms with Gasteiger partial charge in [-0.05, 0) is 31.2 Å². The number of hydrogen-bond donors (Lipinski definition) is 3. The van der Waals surface area contributed by atoms with E-state index in [0.29, 0.717) is 6.54 Å². The maximum absolute atomic E-state index is 11.8. The Morgan fingerprint density at radius 2 is 2.00 bits per heavy atom. The number of carbonyl (C=O) groups excluding carboxylic acids is 2. The van der Waals surface area contributed by atoms with E-state index in [-0.39, 0.29) is 18.4 Å². The molecule has 2 rings (SSSR count). The Kier molecular flexibility index (Phi) is 4.47. The number of nitrogens with zero attached hydrogens (tertiary/aromatic N) is 1. The van der Waals surface area contributed by atoms with E-state index in [1.54, 1.807) is 14.1 Å². The van der Waals surface area contributed by atoms with Gasteiger partial charge in [0.15, 0.2) is 0 Å². The molecular formula is C15H20N4O2. The maximum Gasteiger partial charge on any atom is 0.319 e. The Hall–Kier alpha value is -2.50. The lowest BCUT2D eigenvalue weighted by Crippen LogP contribution is -2.33. The van der Waals surface area contributed by atoms with Gasteiger partial charge < -0.3 is 20.5 Å². The lowest BCUT2D eigenvalue weighted by Gasteiger charge is -2.11. The van der Waals surface area contributed by atoms with Crippen LogP contribution in [0.15, 0.2) is 24.3 Å². The highest BCUT2D eigenvalue weighted by Gasteiger charge is 2.06. The minimum absolute atomic E-state index is 0.0143. The van der Waals surface area contributed by atoms with Crippen molar-refractivity contribution >= 4 is 28.5 Å². The highest BCUT2D eigenvalue weighted by atomic mass is 16.2. The summed E-state index contributed by atoms with van der Waals surface area (Å²) in [6, 6.07) is 7.38. The standard InChI is InChI=1S/C15H20N4O2/c1-10-8-11-9-12(4-5-13(11)17-10)18-15(21)16-7-6-14(20)19(2)3/h4-5,8-9,17H,6-7H2,1-3H3,(H2,16,18,21). The summed E-state index contributed by atoms with van der Waals surface area (Å²) in [4.78, 5) is 27.9. The van der Waals surface area contributed by atoms with Crippen LogP contribution in [0.1, 0.15) is 12.1 Å². The van der Waals surface area contributed by atoms with Gasteiger partial charge in [0.05, 0.1) is 0 Å². The van der Waals surface area contributed by atoms with Gasteiger partial charge in [-0.15, -0.1) is 0 Å². The zero-order valence-electron chi connectivity index (χ0n) is 12.5. The molecule has 0 unspecified atom stereocenters. The van der Waals surface area contributed by atoms with Crippen LogP contribution in [0.3, 0.4) is 0 Å². The van der Waals surface area contributed by atoms with Crippen molar-refractivity contribution in [2.75, 3.05) is 26.0 Å². The molecule has 2 aromatic rings. The van der Waals surface area contributed by atoms with E-state index < -0.39 is 0 Å². The van der Waals surface area contributed by atoms with E-state index in [4.69, 9.17) is 0 Å². The SMILES string of the molecule is Cc1cc2cc(NC(=O)NCCC(=O)N(C)C)ccc2[nH]1. The van der Waals surface area contributed by atoms with Crippen LogP contribution in [0.2, 0.25) is 0 Å². The number of amides is 3. The summed E-state index contributed by atoms with van der Waals surface area (Å²) in [5.41, 5.74) is 2.83. The van der Waals surface area contributed by atoms with E-state index >= 15 is 0 Å². The molecule has 0 fully saturated rings. The fourth-order valence-electron chi connectivity index (χ4n) is 2.04. The van der Waals surface area contributed by atoms with Crippen molar-refractivity contribution in [1.82, 2.24) is 15.2 Å². The second-order valence-corrected chi connectivity index (χ2v) is 5.17. The van der Waals surface area contributed by atoms with Crippen LogP contribution in [-0.2, 0) is 4.79 Å². The van der Waals surface area contributed by atoms with E-state index in [9.17, 15) is 9.59 Å². The summed E-state index contributed by atoms with van der Waals surface area (Å²) >= 11 is 0. The van der Waals surface area contributed by atoms with Crippen molar-refractivity contribution < 1.29 is 9.59 Å². The van der Waals surface area contributed by atoms with Gasteiger partial charge >= 0.3 is 6.03 Å². The molecule has 1 aromatic heterocycles. The topological polar surface area (TPSA) is 77.2 Å². The smallest absolute Gasteiger partial charge is 0.319 e. The molecule has 112 valence electrons. The highest BCUT2D eigenvalue weighted by molar-refractivity contribution is 5.93. The molecule has 6 heteroatoms. The van der Waals surface area contributed by atoms with Crippen LogP contribution >= 0.6 is 0 Å². The average Bonchev–Trinajstić information content (AvgIpc) is 2.77. The Labute approximate surface area is 123 Å². The first-order valence-corrected chi connectivity index (χ1v) is 6.80. The third-order valence-corrected chi connectivity index (χ3v) is 3.14. The van der Waals surface area contributed by atoms with E-state index in [2.05, 4.69) is 15.6 Å². The number of aryl methyl sites for hydroxylation is 1. The second-order valence-electron chi connectivity index (χ2n) is 5.17. The van der Waals surface area contributed by atoms with Gasteiger partial charge in [-0.3, -0.25) is 4.79 Å². The molecule has 3 N–H and O–H groups in total. The molecule has 0 aliphatic rings. The van der Waals surface area contributed by atoms with Gasteiger partial charge in [0.2, 0.25) is 5.91 Å². The Morgan fingerprint density at radius 1 is 1.24 bits per heavy atom. The minimum atomic E-state index is -0.312. The normalized spacial score (nSPS) is 10.4. The van der Waals surface area contributed by atoms with Crippen molar-refractivity contribution in [2.45, 2.75) is 13.3 Å². The Morgan fingerprint density at radius 3 is 2.71 bits per heavy atom. The zero-order chi connectivity index (χ0) is 15.4. The maximum atomic E-state index is 11.8. The molecule has 1 heterocycles. The number of anilines is 1. The number of fused-ring (bicyclic) bond motifs is 1. The molecular weight excluding hydrogens is 268 g/mol. The van der Waals surface area contributed by atoms with E-state index in [1.807, 2.05) is 31.2 Å². The number of aromatic amines is 1. The zero-order valence-corrected chi connectivity index (χ0v) is 12.5. The number of urea groups is 1. The summed E-state index contributed by atoms with van der Waals surface area (Å²) in [5, 5.41) is 6.47. The second kappa shape index (κ2) is 6.30. The molecule has 6 nitrogen and oxygen atoms in total. The van der Waals surface area contributed by atoms with Gasteiger partial charge in [-0.1, -0.05) is 0 Å². The van der Waals surface area contributed by atoms with Crippen LogP contribution in [0.5, 0.6) is 0 Å². The van der Waals surface area contributed by atoms with Crippen LogP contribution in [0, 0.1) is 6.92 Å². The fourth-order valence-corrected chi connectivity index (χ4v) is 2.04. The molecule has 0 radical (unpaired) electrons. The molecule has 0 saturated carbocycles. The summed E-state index contributed by atoms with van der Waals surface area (Å²) in [6.45, 7) is 2.30. The Balaban J connectivity index is 1.87. The predicted octanol–water partition coefficient (Wildman–Crippen LogP) is 2.08. The average molecular weight is 288 g/mol. The molecule has 3 amide bonds. The molecule has 0 atom stereocenters. The number of carbonyl (C=O) groups is 2. The number of benzene rings is 1. The summed E-state index contributed by atoms with van der Waals surface area (Å²) in [6.07, 6.45) is 0.288. The van der Waals surface area contributed by atoms with Crippen LogP contribution < -0.4 is 10.6 Å². The van der Waals surface area contributed by atoms with Gasteiger partial charge in [0.1, 0.15) is 0 Å². The Bertz CT molecular complexity index is 661. The fraction of sp³-hybridized carbons (Fsp3) is 0.333. The van der Waals surface area contributed by atoms with E-state index in [1.165, 1.54) is 4.90 Å². The van der Waals surface area contributed by atoms with Gasteiger partial charge in [-0.25, -0.2) is 4.79 Å². The largest absolute Gasteiger partial charge is 0.359 e. The minimum Gasteiger partial charge on any atom is -0.359 e. The molecule has 21 heavy (non-hydrogen) atoms. The van der Waals surface area contributed by atoms with Crippen LogP contribution in [-0.4, -0.2) is 42.5 Å². The molecule has 0 bridgehead atoms. The van der Waals surface area contributed by atoms with Crippen LogP contribution in [0.25, 0.3) is 10.9 Å². The summed E-state index contributed by atoms with van der Waals surface area (Å²) < 4.78 is 0. The quantitative estimate of drug-likeness (QED) is 0.805. The number of H-pyrrole nitrogens is 1. The molecule has 0 aliphatic carbocycles. The first-order chi connectivity index (χ1) is 9.95. The molecule has 0 aliphatic heterocycles. The third-order valence-electron chi connectivity index (χ3n) is 3.14. The molecule has 0 saturated heterocycles.